The van der Waals surface area contributed by atoms with Gasteiger partial charge in [-0.3, -0.25) is 9.69 Å². The van der Waals surface area contributed by atoms with Crippen molar-refractivity contribution in [3.05, 3.63) is 23.7 Å². The molecular formula is C22H32N2O4. The largest absolute Gasteiger partial charge is 0.465 e. The first-order valence-electron chi connectivity index (χ1n) is 11.0. The third-order valence-electron chi connectivity index (χ3n) is 7.08. The lowest BCUT2D eigenvalue weighted by Gasteiger charge is -2.62. The third kappa shape index (κ3) is 3.40. The summed E-state index contributed by atoms with van der Waals surface area (Å²) in [5.74, 6) is 2.91. The molecule has 0 N–H and O–H groups in total. The molecular weight excluding hydrogens is 356 g/mol. The maximum absolute atomic E-state index is 13.1. The molecule has 1 saturated carbocycles. The van der Waals surface area contributed by atoms with Crippen molar-refractivity contribution >= 4 is 5.91 Å². The zero-order chi connectivity index (χ0) is 19.1. The van der Waals surface area contributed by atoms with E-state index in [1.54, 1.807) is 0 Å². The summed E-state index contributed by atoms with van der Waals surface area (Å²) >= 11 is 0. The molecule has 6 nitrogen and oxygen atoms in total. The lowest BCUT2D eigenvalue weighted by atomic mass is 9.72. The molecule has 4 aliphatic rings. The van der Waals surface area contributed by atoms with Gasteiger partial charge in [0.1, 0.15) is 11.5 Å². The Labute approximate surface area is 167 Å². The van der Waals surface area contributed by atoms with Gasteiger partial charge in [0, 0.05) is 32.3 Å². The lowest BCUT2D eigenvalue weighted by Crippen LogP contribution is -2.79. The summed E-state index contributed by atoms with van der Waals surface area (Å²) in [5.41, 5.74) is -0.116. The standard InChI is InChI=1S/C22H32N2O4/c1-16-2-5-19(28-16)14-23-10-6-18(7-11-23)24-21(25)20(27-15-17-3-4-17)22(24)8-12-26-13-9-22/h2,5,17-18,20H,3-4,6-15H2,1H3. The molecule has 6 heteroatoms. The van der Waals surface area contributed by atoms with Crippen LogP contribution in [0.5, 0.6) is 0 Å². The lowest BCUT2D eigenvalue weighted by molar-refractivity contribution is -0.219. The minimum absolute atomic E-state index is 0.116. The fourth-order valence-electron chi connectivity index (χ4n) is 5.28. The first kappa shape index (κ1) is 18.6. The van der Waals surface area contributed by atoms with Gasteiger partial charge in [-0.2, -0.15) is 0 Å². The first-order valence-corrected chi connectivity index (χ1v) is 11.0. The van der Waals surface area contributed by atoms with Crippen molar-refractivity contribution in [1.82, 2.24) is 9.80 Å². The molecule has 5 rings (SSSR count). The third-order valence-corrected chi connectivity index (χ3v) is 7.08. The number of piperidine rings is 1. The Morgan fingerprint density at radius 3 is 2.54 bits per heavy atom. The Balaban J connectivity index is 1.21. The second-order valence-electron chi connectivity index (χ2n) is 9.10. The molecule has 0 aromatic carbocycles. The maximum Gasteiger partial charge on any atom is 0.254 e. The topological polar surface area (TPSA) is 55.2 Å². The van der Waals surface area contributed by atoms with Gasteiger partial charge < -0.3 is 18.8 Å². The fourth-order valence-corrected chi connectivity index (χ4v) is 5.28. The molecule has 4 fully saturated rings. The Kier molecular flexibility index (Phi) is 4.97. The van der Waals surface area contributed by atoms with Gasteiger partial charge in [-0.05, 0) is 63.5 Å². The summed E-state index contributed by atoms with van der Waals surface area (Å²) in [4.78, 5) is 17.7. The van der Waals surface area contributed by atoms with Gasteiger partial charge in [-0.1, -0.05) is 0 Å². The average Bonchev–Trinajstić information content (AvgIpc) is 3.44. The Morgan fingerprint density at radius 1 is 1.14 bits per heavy atom. The number of β-lactam (4-membered cyclic amide) rings is 1. The van der Waals surface area contributed by atoms with E-state index in [4.69, 9.17) is 13.9 Å². The van der Waals surface area contributed by atoms with Crippen molar-refractivity contribution in [3.63, 3.8) is 0 Å². The van der Waals surface area contributed by atoms with Crippen LogP contribution in [0.15, 0.2) is 16.5 Å². The van der Waals surface area contributed by atoms with Crippen molar-refractivity contribution in [2.45, 2.75) is 69.7 Å². The second kappa shape index (κ2) is 7.47. The Morgan fingerprint density at radius 2 is 1.89 bits per heavy atom. The number of rotatable bonds is 6. The Hall–Kier alpha value is -1.37. The van der Waals surface area contributed by atoms with E-state index in [-0.39, 0.29) is 17.6 Å². The number of aryl methyl sites for hydroxylation is 1. The fraction of sp³-hybridized carbons (Fsp3) is 0.773. The molecule has 1 atom stereocenters. The second-order valence-corrected chi connectivity index (χ2v) is 9.10. The summed E-state index contributed by atoms with van der Waals surface area (Å²) in [6.07, 6.45) is 6.18. The highest BCUT2D eigenvalue weighted by Gasteiger charge is 2.63. The van der Waals surface area contributed by atoms with E-state index in [9.17, 15) is 4.79 Å². The highest BCUT2D eigenvalue weighted by Crippen LogP contribution is 2.46. The van der Waals surface area contributed by atoms with Crippen LogP contribution in [0.4, 0.5) is 0 Å². The number of hydrogen-bond acceptors (Lipinski definition) is 5. The van der Waals surface area contributed by atoms with E-state index < -0.39 is 0 Å². The van der Waals surface area contributed by atoms with Crippen molar-refractivity contribution in [1.29, 1.82) is 0 Å². The molecule has 3 aliphatic heterocycles. The number of likely N-dealkylation sites (tertiary alicyclic amines) is 2. The molecule has 0 bridgehead atoms. The predicted octanol–water partition coefficient (Wildman–Crippen LogP) is 2.74. The van der Waals surface area contributed by atoms with Crippen LogP contribution in [0.3, 0.4) is 0 Å². The molecule has 1 amide bonds. The minimum atomic E-state index is -0.235. The van der Waals surface area contributed by atoms with E-state index in [0.29, 0.717) is 12.0 Å². The van der Waals surface area contributed by atoms with Crippen molar-refractivity contribution in [2.75, 3.05) is 32.9 Å². The maximum atomic E-state index is 13.1. The smallest absolute Gasteiger partial charge is 0.254 e. The number of ether oxygens (including phenoxy) is 2. The highest BCUT2D eigenvalue weighted by atomic mass is 16.5. The van der Waals surface area contributed by atoms with Gasteiger partial charge in [0.2, 0.25) is 0 Å². The zero-order valence-corrected chi connectivity index (χ0v) is 16.9. The molecule has 1 aliphatic carbocycles. The Bertz CT molecular complexity index is 699. The molecule has 28 heavy (non-hydrogen) atoms. The number of furan rings is 1. The molecule has 4 heterocycles. The van der Waals surface area contributed by atoms with Gasteiger partial charge in [-0.25, -0.2) is 0 Å². The zero-order valence-electron chi connectivity index (χ0n) is 16.9. The molecule has 0 radical (unpaired) electrons. The molecule has 1 aromatic heterocycles. The van der Waals surface area contributed by atoms with Crippen molar-refractivity contribution in [2.24, 2.45) is 5.92 Å². The van der Waals surface area contributed by atoms with Crippen LogP contribution in [0.25, 0.3) is 0 Å². The van der Waals surface area contributed by atoms with Crippen LogP contribution in [-0.2, 0) is 20.8 Å². The minimum Gasteiger partial charge on any atom is -0.465 e. The van der Waals surface area contributed by atoms with Crippen LogP contribution < -0.4 is 0 Å². The van der Waals surface area contributed by atoms with Crippen LogP contribution in [0, 0.1) is 12.8 Å². The van der Waals surface area contributed by atoms with E-state index >= 15 is 0 Å². The van der Waals surface area contributed by atoms with E-state index in [0.717, 1.165) is 76.7 Å². The highest BCUT2D eigenvalue weighted by molar-refractivity contribution is 5.90. The van der Waals surface area contributed by atoms with Gasteiger partial charge >= 0.3 is 0 Å². The number of nitrogens with zero attached hydrogens (tertiary/aromatic N) is 2. The molecule has 3 saturated heterocycles. The summed E-state index contributed by atoms with van der Waals surface area (Å²) in [6, 6.07) is 4.43. The van der Waals surface area contributed by atoms with Crippen LogP contribution in [0.1, 0.15) is 50.0 Å². The average molecular weight is 389 g/mol. The predicted molar refractivity (Wildman–Crippen MR) is 104 cm³/mol. The summed E-state index contributed by atoms with van der Waals surface area (Å²) < 4.78 is 17.5. The first-order chi connectivity index (χ1) is 13.7. The van der Waals surface area contributed by atoms with E-state index in [1.165, 1.54) is 12.8 Å². The van der Waals surface area contributed by atoms with Crippen molar-refractivity contribution < 1.29 is 18.7 Å². The summed E-state index contributed by atoms with van der Waals surface area (Å²) in [7, 11) is 0. The van der Waals surface area contributed by atoms with Crippen LogP contribution in [-0.4, -0.2) is 66.3 Å². The molecule has 1 unspecified atom stereocenters. The normalized spacial score (nSPS) is 28.7. The quantitative estimate of drug-likeness (QED) is 0.702. The van der Waals surface area contributed by atoms with Crippen molar-refractivity contribution in [3.8, 4) is 0 Å². The number of carbonyl (C=O) groups excluding carboxylic acids is 1. The summed E-state index contributed by atoms with van der Waals surface area (Å²) in [5, 5.41) is 0. The SMILES string of the molecule is Cc1ccc(CN2CCC(N3C(=O)C(OCC4CC4)C34CCOCC4)CC2)o1. The van der Waals surface area contributed by atoms with Gasteiger partial charge in [0.25, 0.3) is 5.91 Å². The van der Waals surface area contributed by atoms with Crippen LogP contribution >= 0.6 is 0 Å². The molecule has 154 valence electrons. The van der Waals surface area contributed by atoms with Gasteiger partial charge in [0.05, 0.1) is 18.7 Å². The molecule has 1 spiro atoms. The monoisotopic (exact) mass is 388 g/mol. The van der Waals surface area contributed by atoms with Crippen LogP contribution in [0.2, 0.25) is 0 Å². The molecule has 1 aromatic rings. The number of carbonyl (C=O) groups is 1. The van der Waals surface area contributed by atoms with E-state index in [2.05, 4.69) is 15.9 Å². The number of amides is 1. The summed E-state index contributed by atoms with van der Waals surface area (Å²) in [6.45, 7) is 7.10. The van der Waals surface area contributed by atoms with Gasteiger partial charge in [-0.15, -0.1) is 0 Å². The van der Waals surface area contributed by atoms with E-state index in [1.807, 2.05) is 13.0 Å². The van der Waals surface area contributed by atoms with Gasteiger partial charge in [0.15, 0.2) is 6.10 Å². The number of hydrogen-bond donors (Lipinski definition) is 0.